The van der Waals surface area contributed by atoms with E-state index in [0.717, 1.165) is 5.30 Å². The summed E-state index contributed by atoms with van der Waals surface area (Å²) in [6.07, 6.45) is 0. The summed E-state index contributed by atoms with van der Waals surface area (Å²) in [7, 11) is 0.431. The van der Waals surface area contributed by atoms with Gasteiger partial charge in [-0.2, -0.15) is 0 Å². The Morgan fingerprint density at radius 1 is 1.15 bits per heavy atom. The van der Waals surface area contributed by atoms with E-state index >= 15 is 0 Å². The minimum atomic E-state index is -0.439. The van der Waals surface area contributed by atoms with Gasteiger partial charge in [-0.3, -0.25) is 10.1 Å². The highest BCUT2D eigenvalue weighted by Crippen LogP contribution is 2.41. The maximum absolute atomic E-state index is 10.9. The molecule has 1 atom stereocenters. The third-order valence-electron chi connectivity index (χ3n) is 3.10. The van der Waals surface area contributed by atoms with Crippen LogP contribution in [0.3, 0.4) is 0 Å². The van der Waals surface area contributed by atoms with Crippen molar-refractivity contribution in [2.75, 3.05) is 0 Å². The number of nitro benzene ring substituents is 1. The Morgan fingerprint density at radius 2 is 1.80 bits per heavy atom. The second kappa shape index (κ2) is 5.90. The minimum Gasteiger partial charge on any atom is -0.258 e. The predicted molar refractivity (Wildman–Crippen MR) is 85.5 cm³/mol. The van der Waals surface area contributed by atoms with E-state index in [9.17, 15) is 10.1 Å². The zero-order chi connectivity index (χ0) is 14.8. The molecule has 2 aromatic carbocycles. The van der Waals surface area contributed by atoms with Crippen molar-refractivity contribution in [2.24, 2.45) is 0 Å². The van der Waals surface area contributed by atoms with Gasteiger partial charge < -0.3 is 0 Å². The van der Waals surface area contributed by atoms with E-state index in [1.165, 1.54) is 5.56 Å². The van der Waals surface area contributed by atoms with E-state index in [0.29, 0.717) is 8.58 Å². The molecule has 1 unspecified atom stereocenters. The quantitative estimate of drug-likeness (QED) is 0.474. The first-order valence-electron chi connectivity index (χ1n) is 6.18. The highest BCUT2D eigenvalue weighted by molar-refractivity contribution is 7.48. The molecule has 0 saturated heterocycles. The molecule has 104 valence electrons. The molecule has 2 rings (SSSR count). The van der Waals surface area contributed by atoms with Gasteiger partial charge in [0.2, 0.25) is 0 Å². The molecule has 0 aromatic heterocycles. The van der Waals surface area contributed by atoms with Crippen LogP contribution in [-0.4, -0.2) is 4.92 Å². The lowest BCUT2D eigenvalue weighted by molar-refractivity contribution is -0.384. The lowest BCUT2D eigenvalue weighted by Gasteiger charge is -2.25. The first kappa shape index (κ1) is 15.0. The summed E-state index contributed by atoms with van der Waals surface area (Å²) >= 11 is 5.84. The third-order valence-corrected chi connectivity index (χ3v) is 4.93. The molecule has 0 spiro atoms. The fourth-order valence-corrected chi connectivity index (χ4v) is 3.61. The normalized spacial score (nSPS) is 11.9. The van der Waals surface area contributed by atoms with Crippen molar-refractivity contribution in [3.8, 4) is 0 Å². The number of nitrogens with zero attached hydrogens (tertiary/aromatic N) is 1. The second-order valence-electron chi connectivity index (χ2n) is 5.04. The van der Waals surface area contributed by atoms with Gasteiger partial charge in [-0.25, -0.2) is 0 Å². The van der Waals surface area contributed by atoms with Crippen LogP contribution in [0, 0.1) is 10.1 Å². The van der Waals surface area contributed by atoms with Crippen molar-refractivity contribution in [1.82, 2.24) is 0 Å². The van der Waals surface area contributed by atoms with Gasteiger partial charge in [-0.15, -0.1) is 0 Å². The monoisotopic (exact) mass is 307 g/mol. The Balaban J connectivity index is 2.30. The molecule has 0 heterocycles. The van der Waals surface area contributed by atoms with Crippen LogP contribution in [-0.2, 0) is 5.16 Å². The molecular formula is C15H15ClNO2P. The maximum Gasteiger partial charge on any atom is 0.288 e. The fraction of sp³-hybridized carbons (Fsp3) is 0.200. The maximum atomic E-state index is 10.9. The molecule has 0 fully saturated rings. The lowest BCUT2D eigenvalue weighted by atomic mass is 10.0. The summed E-state index contributed by atoms with van der Waals surface area (Å²) in [5.74, 6) is 0. The van der Waals surface area contributed by atoms with E-state index in [-0.39, 0.29) is 15.9 Å². The highest BCUT2D eigenvalue weighted by Gasteiger charge is 2.22. The van der Waals surface area contributed by atoms with Gasteiger partial charge in [0.25, 0.3) is 5.69 Å². The Bertz CT molecular complexity index is 629. The van der Waals surface area contributed by atoms with Crippen LogP contribution >= 0.6 is 20.2 Å². The summed E-state index contributed by atoms with van der Waals surface area (Å²) in [5, 5.41) is 12.0. The van der Waals surface area contributed by atoms with Crippen LogP contribution in [0.4, 0.5) is 5.69 Å². The smallest absolute Gasteiger partial charge is 0.258 e. The number of benzene rings is 2. The molecule has 0 bridgehead atoms. The SMILES string of the molecule is CC(C)(Pc1ccc(Cl)c([N+](=O)[O-])c1)c1ccccc1. The summed E-state index contributed by atoms with van der Waals surface area (Å²) < 4.78 is 0. The number of halogens is 1. The number of nitro groups is 1. The fourth-order valence-electron chi connectivity index (χ4n) is 2.02. The molecule has 0 aliphatic rings. The molecule has 5 heteroatoms. The van der Waals surface area contributed by atoms with Gasteiger partial charge in [-0.05, 0) is 16.9 Å². The van der Waals surface area contributed by atoms with Crippen molar-refractivity contribution < 1.29 is 4.92 Å². The molecule has 20 heavy (non-hydrogen) atoms. The Labute approximate surface area is 124 Å². The van der Waals surface area contributed by atoms with Crippen molar-refractivity contribution in [3.63, 3.8) is 0 Å². The van der Waals surface area contributed by atoms with Gasteiger partial charge in [0.1, 0.15) is 5.02 Å². The predicted octanol–water partition coefficient (Wildman–Crippen LogP) is 4.49. The van der Waals surface area contributed by atoms with E-state index in [4.69, 9.17) is 11.6 Å². The van der Waals surface area contributed by atoms with Crippen LogP contribution in [0.15, 0.2) is 48.5 Å². The van der Waals surface area contributed by atoms with Crippen LogP contribution < -0.4 is 5.30 Å². The van der Waals surface area contributed by atoms with Crippen LogP contribution in [0.2, 0.25) is 5.02 Å². The molecule has 2 aromatic rings. The van der Waals surface area contributed by atoms with Crippen LogP contribution in [0.5, 0.6) is 0 Å². The molecule has 0 saturated carbocycles. The third kappa shape index (κ3) is 3.36. The molecule has 0 aliphatic carbocycles. The van der Waals surface area contributed by atoms with Gasteiger partial charge in [0.05, 0.1) is 4.92 Å². The first-order valence-corrected chi connectivity index (χ1v) is 7.55. The van der Waals surface area contributed by atoms with E-state index < -0.39 is 4.92 Å². The van der Waals surface area contributed by atoms with Gasteiger partial charge in [-0.1, -0.05) is 70.4 Å². The van der Waals surface area contributed by atoms with Crippen molar-refractivity contribution in [3.05, 3.63) is 69.2 Å². The number of rotatable bonds is 4. The van der Waals surface area contributed by atoms with Crippen LogP contribution in [0.1, 0.15) is 19.4 Å². The lowest BCUT2D eigenvalue weighted by Crippen LogP contribution is -2.14. The molecular weight excluding hydrogens is 293 g/mol. The van der Waals surface area contributed by atoms with Gasteiger partial charge in [0, 0.05) is 11.2 Å². The van der Waals surface area contributed by atoms with E-state index in [1.807, 2.05) is 24.3 Å². The van der Waals surface area contributed by atoms with Crippen molar-refractivity contribution in [2.45, 2.75) is 19.0 Å². The molecule has 0 amide bonds. The van der Waals surface area contributed by atoms with Crippen LogP contribution in [0.25, 0.3) is 0 Å². The highest BCUT2D eigenvalue weighted by atomic mass is 35.5. The number of hydrogen-bond acceptors (Lipinski definition) is 2. The largest absolute Gasteiger partial charge is 0.288 e. The summed E-state index contributed by atoms with van der Waals surface area (Å²) in [4.78, 5) is 10.5. The van der Waals surface area contributed by atoms with E-state index in [2.05, 4.69) is 26.0 Å². The Morgan fingerprint density at radius 3 is 2.40 bits per heavy atom. The molecule has 0 aliphatic heterocycles. The molecule has 0 radical (unpaired) electrons. The zero-order valence-corrected chi connectivity index (χ0v) is 13.0. The zero-order valence-electron chi connectivity index (χ0n) is 11.3. The van der Waals surface area contributed by atoms with Crippen molar-refractivity contribution in [1.29, 1.82) is 0 Å². The Hall–Kier alpha value is -1.44. The standard InChI is InChI=1S/C15H15ClNO2P/c1-15(2,11-6-4-3-5-7-11)20-12-8-9-13(16)14(10-12)17(18)19/h3-10,20H,1-2H3. The molecule has 0 N–H and O–H groups in total. The van der Waals surface area contributed by atoms with Gasteiger partial charge >= 0.3 is 0 Å². The molecule has 3 nitrogen and oxygen atoms in total. The summed E-state index contributed by atoms with van der Waals surface area (Å²) in [6, 6.07) is 15.2. The van der Waals surface area contributed by atoms with Crippen molar-refractivity contribution >= 4 is 31.2 Å². The first-order chi connectivity index (χ1) is 9.40. The Kier molecular flexibility index (Phi) is 4.42. The summed E-state index contributed by atoms with van der Waals surface area (Å²) in [5.41, 5.74) is 1.19. The topological polar surface area (TPSA) is 43.1 Å². The minimum absolute atomic E-state index is 0.0273. The summed E-state index contributed by atoms with van der Waals surface area (Å²) in [6.45, 7) is 4.28. The average Bonchev–Trinajstić information content (AvgIpc) is 2.41. The number of hydrogen-bond donors (Lipinski definition) is 0. The van der Waals surface area contributed by atoms with Gasteiger partial charge in [0.15, 0.2) is 0 Å². The second-order valence-corrected chi connectivity index (χ2v) is 7.52. The average molecular weight is 308 g/mol. The van der Waals surface area contributed by atoms with E-state index in [1.54, 1.807) is 12.1 Å².